The first-order chi connectivity index (χ1) is 6.13. The van der Waals surface area contributed by atoms with E-state index in [2.05, 4.69) is 5.32 Å². The molecule has 0 saturated heterocycles. The van der Waals surface area contributed by atoms with E-state index < -0.39 is 0 Å². The van der Waals surface area contributed by atoms with Gasteiger partial charge in [0.05, 0.1) is 0 Å². The van der Waals surface area contributed by atoms with Crippen molar-refractivity contribution in [3.8, 4) is 6.07 Å². The van der Waals surface area contributed by atoms with Gasteiger partial charge in [-0.25, -0.2) is 0 Å². The van der Waals surface area contributed by atoms with Gasteiger partial charge in [0, 0.05) is 10.7 Å². The highest BCUT2D eigenvalue weighted by Gasteiger charge is 2.00. The number of halogens is 1. The van der Waals surface area contributed by atoms with Crippen molar-refractivity contribution in [1.29, 1.82) is 5.26 Å². The smallest absolute Gasteiger partial charge is 0.182 e. The SMILES string of the molecule is Cc1cc(Cl)ccc1NC(=S)C#N. The molecule has 0 spiro atoms. The molecule has 0 bridgehead atoms. The molecule has 0 fully saturated rings. The van der Waals surface area contributed by atoms with Gasteiger partial charge in [-0.05, 0) is 42.9 Å². The van der Waals surface area contributed by atoms with Crippen LogP contribution in [0.1, 0.15) is 5.56 Å². The standard InChI is InChI=1S/C9H7ClN2S/c1-6-4-7(10)2-3-8(6)12-9(13)5-11/h2-4H,1H3,(H,12,13). The molecule has 1 rings (SSSR count). The fraction of sp³-hybridized carbons (Fsp3) is 0.111. The second-order valence-electron chi connectivity index (χ2n) is 2.53. The Kier molecular flexibility index (Phi) is 3.24. The summed E-state index contributed by atoms with van der Waals surface area (Å²) < 4.78 is 0. The van der Waals surface area contributed by atoms with Crippen LogP contribution in [0.25, 0.3) is 0 Å². The van der Waals surface area contributed by atoms with Gasteiger partial charge in [0.25, 0.3) is 0 Å². The number of hydrogen-bond acceptors (Lipinski definition) is 2. The zero-order valence-corrected chi connectivity index (χ0v) is 8.54. The van der Waals surface area contributed by atoms with Gasteiger partial charge in [-0.1, -0.05) is 11.6 Å². The lowest BCUT2D eigenvalue weighted by atomic mass is 10.2. The number of nitriles is 1. The molecule has 1 N–H and O–H groups in total. The van der Waals surface area contributed by atoms with E-state index in [0.29, 0.717) is 5.02 Å². The number of rotatable bonds is 1. The maximum atomic E-state index is 8.46. The minimum Gasteiger partial charge on any atom is -0.338 e. The summed E-state index contributed by atoms with van der Waals surface area (Å²) in [5.74, 6) is 0. The molecule has 0 aromatic heterocycles. The third kappa shape index (κ3) is 2.69. The lowest BCUT2D eigenvalue weighted by molar-refractivity contribution is 1.46. The first-order valence-corrected chi connectivity index (χ1v) is 4.39. The molecule has 0 unspecified atom stereocenters. The van der Waals surface area contributed by atoms with Gasteiger partial charge in [0.15, 0.2) is 4.99 Å². The second kappa shape index (κ2) is 4.22. The zero-order valence-electron chi connectivity index (χ0n) is 6.97. The van der Waals surface area contributed by atoms with Gasteiger partial charge in [0.1, 0.15) is 6.07 Å². The molecular weight excluding hydrogens is 204 g/mol. The maximum Gasteiger partial charge on any atom is 0.182 e. The lowest BCUT2D eigenvalue weighted by Crippen LogP contribution is -2.06. The fourth-order valence-corrected chi connectivity index (χ4v) is 1.25. The van der Waals surface area contributed by atoms with Crippen molar-refractivity contribution in [3.05, 3.63) is 28.8 Å². The first kappa shape index (κ1) is 9.97. The topological polar surface area (TPSA) is 35.8 Å². The molecule has 0 aliphatic heterocycles. The Morgan fingerprint density at radius 1 is 1.62 bits per heavy atom. The maximum absolute atomic E-state index is 8.46. The van der Waals surface area contributed by atoms with Gasteiger partial charge in [0.2, 0.25) is 0 Å². The quantitative estimate of drug-likeness (QED) is 0.724. The average Bonchev–Trinajstić information content (AvgIpc) is 2.09. The summed E-state index contributed by atoms with van der Waals surface area (Å²) in [7, 11) is 0. The Morgan fingerprint density at radius 3 is 2.85 bits per heavy atom. The molecule has 1 aromatic rings. The van der Waals surface area contributed by atoms with E-state index in [9.17, 15) is 0 Å². The van der Waals surface area contributed by atoms with Crippen LogP contribution in [-0.2, 0) is 0 Å². The number of nitrogens with zero attached hydrogens (tertiary/aromatic N) is 1. The molecule has 0 amide bonds. The molecule has 66 valence electrons. The molecule has 0 aliphatic carbocycles. The Morgan fingerprint density at radius 2 is 2.31 bits per heavy atom. The van der Waals surface area contributed by atoms with Gasteiger partial charge >= 0.3 is 0 Å². The summed E-state index contributed by atoms with van der Waals surface area (Å²) in [6, 6.07) is 7.19. The highest BCUT2D eigenvalue weighted by Crippen LogP contribution is 2.19. The van der Waals surface area contributed by atoms with Gasteiger partial charge in [-0.2, -0.15) is 5.26 Å². The van der Waals surface area contributed by atoms with Crippen LogP contribution in [0.4, 0.5) is 5.69 Å². The fourth-order valence-electron chi connectivity index (χ4n) is 0.918. The minimum atomic E-state index is 0.158. The van der Waals surface area contributed by atoms with Crippen LogP contribution in [0.15, 0.2) is 18.2 Å². The summed E-state index contributed by atoms with van der Waals surface area (Å²) in [5.41, 5.74) is 1.78. The summed E-state index contributed by atoms with van der Waals surface area (Å²) in [6.45, 7) is 1.90. The van der Waals surface area contributed by atoms with Crippen LogP contribution in [0.3, 0.4) is 0 Å². The van der Waals surface area contributed by atoms with Crippen molar-refractivity contribution in [2.75, 3.05) is 5.32 Å². The highest BCUT2D eigenvalue weighted by molar-refractivity contribution is 7.81. The van der Waals surface area contributed by atoms with Crippen LogP contribution in [0.5, 0.6) is 0 Å². The number of anilines is 1. The number of benzene rings is 1. The first-order valence-electron chi connectivity index (χ1n) is 3.60. The van der Waals surface area contributed by atoms with E-state index in [1.165, 1.54) is 0 Å². The van der Waals surface area contributed by atoms with Crippen molar-refractivity contribution < 1.29 is 0 Å². The largest absolute Gasteiger partial charge is 0.338 e. The predicted octanol–water partition coefficient (Wildman–Crippen LogP) is 2.91. The Labute approximate surface area is 87.1 Å². The Hall–Kier alpha value is -1.11. The van der Waals surface area contributed by atoms with E-state index in [-0.39, 0.29) is 4.99 Å². The van der Waals surface area contributed by atoms with Crippen molar-refractivity contribution in [1.82, 2.24) is 0 Å². The molecule has 0 saturated carbocycles. The van der Waals surface area contributed by atoms with Crippen LogP contribution in [-0.4, -0.2) is 4.99 Å². The Balaban J connectivity index is 2.91. The molecule has 1 aromatic carbocycles. The monoisotopic (exact) mass is 210 g/mol. The zero-order chi connectivity index (χ0) is 9.84. The van der Waals surface area contributed by atoms with Crippen molar-refractivity contribution >= 4 is 34.5 Å². The van der Waals surface area contributed by atoms with Gasteiger partial charge in [-0.15, -0.1) is 0 Å². The van der Waals surface area contributed by atoms with E-state index in [0.717, 1.165) is 11.3 Å². The predicted molar refractivity (Wildman–Crippen MR) is 58.0 cm³/mol. The average molecular weight is 211 g/mol. The molecule has 13 heavy (non-hydrogen) atoms. The van der Waals surface area contributed by atoms with Crippen LogP contribution < -0.4 is 5.32 Å². The highest BCUT2D eigenvalue weighted by atomic mass is 35.5. The van der Waals surface area contributed by atoms with Crippen molar-refractivity contribution in [2.24, 2.45) is 0 Å². The summed E-state index contributed by atoms with van der Waals surface area (Å²) >= 11 is 10.5. The lowest BCUT2D eigenvalue weighted by Gasteiger charge is -2.05. The van der Waals surface area contributed by atoms with Gasteiger partial charge in [-0.3, -0.25) is 0 Å². The molecule has 0 heterocycles. The summed E-state index contributed by atoms with van der Waals surface area (Å²) in [5, 5.41) is 11.9. The van der Waals surface area contributed by atoms with Crippen LogP contribution >= 0.6 is 23.8 Å². The molecule has 0 atom stereocenters. The number of aryl methyl sites for hydroxylation is 1. The second-order valence-corrected chi connectivity index (χ2v) is 3.37. The molecule has 2 nitrogen and oxygen atoms in total. The van der Waals surface area contributed by atoms with E-state index in [1.807, 2.05) is 19.1 Å². The third-order valence-electron chi connectivity index (χ3n) is 1.54. The van der Waals surface area contributed by atoms with Gasteiger partial charge < -0.3 is 5.32 Å². The number of hydrogen-bond donors (Lipinski definition) is 1. The normalized spacial score (nSPS) is 9.00. The van der Waals surface area contributed by atoms with Crippen molar-refractivity contribution in [3.63, 3.8) is 0 Å². The van der Waals surface area contributed by atoms with E-state index in [4.69, 9.17) is 29.1 Å². The van der Waals surface area contributed by atoms with Crippen LogP contribution in [0.2, 0.25) is 5.02 Å². The van der Waals surface area contributed by atoms with E-state index >= 15 is 0 Å². The third-order valence-corrected chi connectivity index (χ3v) is 1.97. The number of thiocarbonyl (C=S) groups is 1. The molecule has 0 aliphatic rings. The summed E-state index contributed by atoms with van der Waals surface area (Å²) in [6.07, 6.45) is 0. The minimum absolute atomic E-state index is 0.158. The molecule has 0 radical (unpaired) electrons. The van der Waals surface area contributed by atoms with Crippen molar-refractivity contribution in [2.45, 2.75) is 6.92 Å². The van der Waals surface area contributed by atoms with Crippen LogP contribution in [0, 0.1) is 18.3 Å². The number of nitrogens with one attached hydrogen (secondary N) is 1. The van der Waals surface area contributed by atoms with E-state index in [1.54, 1.807) is 12.1 Å². The molecule has 4 heteroatoms. The Bertz CT molecular complexity index is 382. The molecular formula is C9H7ClN2S. The summed E-state index contributed by atoms with van der Waals surface area (Å²) in [4.78, 5) is 0.158.